The third kappa shape index (κ3) is 3.33. The Hall–Kier alpha value is -2.21. The SMILES string of the molecule is COc1cccc2[nH]cc(CCNC(=O)N(C)C(C)CO)c12. The molecule has 6 heteroatoms. The van der Waals surface area contributed by atoms with Gasteiger partial charge in [0.1, 0.15) is 5.75 Å². The third-order valence-corrected chi connectivity index (χ3v) is 3.89. The lowest BCUT2D eigenvalue weighted by Gasteiger charge is -2.23. The predicted molar refractivity (Wildman–Crippen MR) is 86.3 cm³/mol. The smallest absolute Gasteiger partial charge is 0.317 e. The van der Waals surface area contributed by atoms with Gasteiger partial charge in [-0.2, -0.15) is 0 Å². The second-order valence-corrected chi connectivity index (χ2v) is 5.32. The van der Waals surface area contributed by atoms with Crippen molar-refractivity contribution in [3.63, 3.8) is 0 Å². The summed E-state index contributed by atoms with van der Waals surface area (Å²) in [4.78, 5) is 16.6. The Morgan fingerprint density at radius 1 is 1.50 bits per heavy atom. The second-order valence-electron chi connectivity index (χ2n) is 5.32. The molecule has 120 valence electrons. The molecule has 1 aromatic carbocycles. The van der Waals surface area contributed by atoms with Crippen LogP contribution >= 0.6 is 0 Å². The van der Waals surface area contributed by atoms with Crippen LogP contribution in [0.25, 0.3) is 10.9 Å². The van der Waals surface area contributed by atoms with Crippen LogP contribution in [0.2, 0.25) is 0 Å². The van der Waals surface area contributed by atoms with Gasteiger partial charge < -0.3 is 25.0 Å². The molecule has 0 saturated heterocycles. The van der Waals surface area contributed by atoms with Gasteiger partial charge in [-0.25, -0.2) is 4.79 Å². The number of nitrogens with one attached hydrogen (secondary N) is 2. The van der Waals surface area contributed by atoms with Crippen LogP contribution in [0.15, 0.2) is 24.4 Å². The predicted octanol–water partition coefficient (Wildman–Crippen LogP) is 1.74. The fraction of sp³-hybridized carbons (Fsp3) is 0.438. The van der Waals surface area contributed by atoms with Crippen LogP contribution in [-0.2, 0) is 6.42 Å². The van der Waals surface area contributed by atoms with Crippen molar-refractivity contribution in [2.24, 2.45) is 0 Å². The van der Waals surface area contributed by atoms with Crippen molar-refractivity contribution in [2.45, 2.75) is 19.4 Å². The lowest BCUT2D eigenvalue weighted by Crippen LogP contribution is -2.44. The molecule has 0 aliphatic heterocycles. The average molecular weight is 305 g/mol. The van der Waals surface area contributed by atoms with E-state index in [2.05, 4.69) is 10.3 Å². The van der Waals surface area contributed by atoms with E-state index in [1.807, 2.05) is 24.4 Å². The van der Waals surface area contributed by atoms with Gasteiger partial charge in [0.2, 0.25) is 0 Å². The van der Waals surface area contributed by atoms with Crippen molar-refractivity contribution in [1.29, 1.82) is 0 Å². The summed E-state index contributed by atoms with van der Waals surface area (Å²) in [6.45, 7) is 2.26. The number of methoxy groups -OCH3 is 1. The number of hydrogen-bond donors (Lipinski definition) is 3. The molecular formula is C16H23N3O3. The highest BCUT2D eigenvalue weighted by Crippen LogP contribution is 2.28. The maximum Gasteiger partial charge on any atom is 0.317 e. The number of nitrogens with zero attached hydrogens (tertiary/aromatic N) is 1. The number of benzene rings is 1. The maximum atomic E-state index is 11.9. The third-order valence-electron chi connectivity index (χ3n) is 3.89. The Labute approximate surface area is 130 Å². The molecule has 1 atom stereocenters. The minimum Gasteiger partial charge on any atom is -0.496 e. The number of likely N-dealkylation sites (N-methyl/N-ethyl adjacent to an activating group) is 1. The van der Waals surface area contributed by atoms with E-state index >= 15 is 0 Å². The first-order valence-electron chi connectivity index (χ1n) is 7.33. The zero-order chi connectivity index (χ0) is 16.1. The highest BCUT2D eigenvalue weighted by Gasteiger charge is 2.14. The number of aromatic amines is 1. The summed E-state index contributed by atoms with van der Waals surface area (Å²) in [5.74, 6) is 0.825. The van der Waals surface area contributed by atoms with Gasteiger partial charge in [-0.3, -0.25) is 0 Å². The number of amides is 2. The van der Waals surface area contributed by atoms with Crippen LogP contribution in [0.4, 0.5) is 4.79 Å². The zero-order valence-corrected chi connectivity index (χ0v) is 13.2. The van der Waals surface area contributed by atoms with Gasteiger partial charge in [0.15, 0.2) is 0 Å². The highest BCUT2D eigenvalue weighted by atomic mass is 16.5. The molecule has 0 spiro atoms. The van der Waals surface area contributed by atoms with Gasteiger partial charge in [-0.1, -0.05) is 6.07 Å². The molecule has 6 nitrogen and oxygen atoms in total. The number of rotatable bonds is 6. The molecule has 2 aromatic rings. The molecule has 22 heavy (non-hydrogen) atoms. The molecule has 2 rings (SSSR count). The van der Waals surface area contributed by atoms with Crippen LogP contribution in [0.3, 0.4) is 0 Å². The van der Waals surface area contributed by atoms with E-state index in [0.29, 0.717) is 13.0 Å². The summed E-state index contributed by atoms with van der Waals surface area (Å²) in [6, 6.07) is 5.47. The van der Waals surface area contributed by atoms with Crippen molar-refractivity contribution in [2.75, 3.05) is 27.3 Å². The molecule has 0 fully saturated rings. The quantitative estimate of drug-likeness (QED) is 0.761. The molecule has 1 unspecified atom stereocenters. The first kappa shape index (κ1) is 16.2. The van der Waals surface area contributed by atoms with E-state index in [1.165, 1.54) is 4.90 Å². The standard InChI is InChI=1S/C16H23N3O3/c1-11(10-20)19(2)16(21)17-8-7-12-9-18-13-5-4-6-14(22-3)15(12)13/h4-6,9,11,18,20H,7-8,10H2,1-3H3,(H,17,21). The number of aliphatic hydroxyl groups is 1. The number of fused-ring (bicyclic) bond motifs is 1. The molecule has 1 aromatic heterocycles. The van der Waals surface area contributed by atoms with Gasteiger partial charge in [0, 0.05) is 30.7 Å². The van der Waals surface area contributed by atoms with Crippen LogP contribution < -0.4 is 10.1 Å². The fourth-order valence-corrected chi connectivity index (χ4v) is 2.34. The van der Waals surface area contributed by atoms with E-state index in [4.69, 9.17) is 9.84 Å². The summed E-state index contributed by atoms with van der Waals surface area (Å²) in [7, 11) is 3.32. The minimum absolute atomic E-state index is 0.0520. The minimum atomic E-state index is -0.201. The topological polar surface area (TPSA) is 77.6 Å². The van der Waals surface area contributed by atoms with Crippen LogP contribution in [-0.4, -0.2) is 54.4 Å². The summed E-state index contributed by atoms with van der Waals surface area (Å²) in [5.41, 5.74) is 2.12. The number of aliphatic hydroxyl groups excluding tert-OH is 1. The molecule has 3 N–H and O–H groups in total. The largest absolute Gasteiger partial charge is 0.496 e. The number of ether oxygens (including phenoxy) is 1. The Kier molecular flexibility index (Phi) is 5.27. The molecule has 1 heterocycles. The maximum absolute atomic E-state index is 11.9. The van der Waals surface area contributed by atoms with Crippen LogP contribution in [0.5, 0.6) is 5.75 Å². The van der Waals surface area contributed by atoms with Crippen molar-refractivity contribution >= 4 is 16.9 Å². The van der Waals surface area contributed by atoms with Crippen molar-refractivity contribution in [1.82, 2.24) is 15.2 Å². The number of carbonyl (C=O) groups excluding carboxylic acids is 1. The van der Waals surface area contributed by atoms with Gasteiger partial charge in [-0.15, -0.1) is 0 Å². The molecular weight excluding hydrogens is 282 g/mol. The molecule has 0 saturated carbocycles. The molecule has 0 aliphatic rings. The number of hydrogen-bond acceptors (Lipinski definition) is 3. The Morgan fingerprint density at radius 2 is 2.27 bits per heavy atom. The van der Waals surface area contributed by atoms with E-state index in [9.17, 15) is 4.79 Å². The summed E-state index contributed by atoms with van der Waals surface area (Å²) >= 11 is 0. The Balaban J connectivity index is 1.99. The lowest BCUT2D eigenvalue weighted by atomic mass is 10.1. The van der Waals surface area contributed by atoms with Gasteiger partial charge in [-0.05, 0) is 31.0 Å². The van der Waals surface area contributed by atoms with Gasteiger partial charge in [0.25, 0.3) is 0 Å². The van der Waals surface area contributed by atoms with Gasteiger partial charge in [0.05, 0.1) is 19.8 Å². The number of aromatic nitrogens is 1. The Bertz CT molecular complexity index is 639. The fourth-order valence-electron chi connectivity index (χ4n) is 2.34. The normalized spacial score (nSPS) is 12.2. The van der Waals surface area contributed by atoms with Crippen molar-refractivity contribution in [3.8, 4) is 5.75 Å². The summed E-state index contributed by atoms with van der Waals surface area (Å²) in [5, 5.41) is 13.0. The first-order valence-corrected chi connectivity index (χ1v) is 7.33. The Morgan fingerprint density at radius 3 is 2.95 bits per heavy atom. The van der Waals surface area contributed by atoms with E-state index in [1.54, 1.807) is 21.1 Å². The highest BCUT2D eigenvalue weighted by molar-refractivity contribution is 5.89. The van der Waals surface area contributed by atoms with Crippen molar-refractivity contribution in [3.05, 3.63) is 30.0 Å². The zero-order valence-electron chi connectivity index (χ0n) is 13.2. The molecule has 0 bridgehead atoms. The first-order chi connectivity index (χ1) is 10.6. The van der Waals surface area contributed by atoms with E-state index < -0.39 is 0 Å². The van der Waals surface area contributed by atoms with E-state index in [0.717, 1.165) is 22.2 Å². The van der Waals surface area contributed by atoms with Crippen LogP contribution in [0, 0.1) is 0 Å². The monoisotopic (exact) mass is 305 g/mol. The number of urea groups is 1. The van der Waals surface area contributed by atoms with E-state index in [-0.39, 0.29) is 18.7 Å². The molecule has 0 aliphatic carbocycles. The van der Waals surface area contributed by atoms with Crippen molar-refractivity contribution < 1.29 is 14.6 Å². The average Bonchev–Trinajstić information content (AvgIpc) is 2.96. The molecule has 2 amide bonds. The summed E-state index contributed by atoms with van der Waals surface area (Å²) in [6.07, 6.45) is 2.65. The second kappa shape index (κ2) is 7.17. The number of carbonyl (C=O) groups is 1. The summed E-state index contributed by atoms with van der Waals surface area (Å²) < 4.78 is 5.39. The molecule has 0 radical (unpaired) electrons. The number of H-pyrrole nitrogens is 1. The van der Waals surface area contributed by atoms with Gasteiger partial charge >= 0.3 is 6.03 Å². The van der Waals surface area contributed by atoms with Crippen LogP contribution in [0.1, 0.15) is 12.5 Å². The lowest BCUT2D eigenvalue weighted by molar-refractivity contribution is 0.157.